The Morgan fingerprint density at radius 3 is 2.76 bits per heavy atom. The summed E-state index contributed by atoms with van der Waals surface area (Å²) in [5.41, 5.74) is -0.517. The van der Waals surface area contributed by atoms with Crippen molar-refractivity contribution in [2.24, 2.45) is 0 Å². The number of rotatable bonds is 4. The summed E-state index contributed by atoms with van der Waals surface area (Å²) in [5.74, 6) is -1.52. The van der Waals surface area contributed by atoms with E-state index in [0.717, 1.165) is 0 Å². The van der Waals surface area contributed by atoms with Gasteiger partial charge in [0.2, 0.25) is 6.10 Å². The molecular formula is C13H13NO6S. The first-order valence-electron chi connectivity index (χ1n) is 6.16. The number of thioether (sulfide) groups is 1. The molecule has 2 rings (SSSR count). The zero-order chi connectivity index (χ0) is 15.6. The van der Waals surface area contributed by atoms with Crippen LogP contribution in [-0.2, 0) is 14.3 Å². The molecule has 0 radical (unpaired) electrons. The van der Waals surface area contributed by atoms with Gasteiger partial charge in [0.15, 0.2) is 0 Å². The number of ether oxygens (including phenoxy) is 2. The van der Waals surface area contributed by atoms with Crippen LogP contribution in [0.15, 0.2) is 23.1 Å². The van der Waals surface area contributed by atoms with Crippen molar-refractivity contribution in [1.29, 1.82) is 0 Å². The minimum Gasteiger partial charge on any atom is -0.460 e. The van der Waals surface area contributed by atoms with Crippen LogP contribution >= 0.6 is 11.8 Å². The molecule has 0 bridgehead atoms. The Hall–Kier alpha value is -2.09. The maximum absolute atomic E-state index is 12.1. The molecule has 1 aromatic carbocycles. The molecule has 0 aromatic heterocycles. The number of carbonyl (C=O) groups excluding carboxylic acids is 2. The van der Waals surface area contributed by atoms with E-state index < -0.39 is 23.0 Å². The quantitative estimate of drug-likeness (QED) is 0.364. The van der Waals surface area contributed by atoms with Crippen molar-refractivity contribution in [3.63, 3.8) is 0 Å². The number of nitro groups is 1. The second-order valence-electron chi connectivity index (χ2n) is 4.52. The molecule has 8 heteroatoms. The number of esters is 2. The topological polar surface area (TPSA) is 95.7 Å². The summed E-state index contributed by atoms with van der Waals surface area (Å²) in [6, 6.07) is 4.18. The molecule has 1 fully saturated rings. The van der Waals surface area contributed by atoms with Crippen molar-refractivity contribution in [1.82, 2.24) is 0 Å². The maximum atomic E-state index is 12.1. The van der Waals surface area contributed by atoms with Gasteiger partial charge in [0.25, 0.3) is 5.69 Å². The van der Waals surface area contributed by atoms with Gasteiger partial charge in [-0.2, -0.15) is 0 Å². The Balaban J connectivity index is 2.25. The highest BCUT2D eigenvalue weighted by Gasteiger charge is 2.36. The molecular weight excluding hydrogens is 298 g/mol. The van der Waals surface area contributed by atoms with Crippen LogP contribution in [-0.4, -0.2) is 35.3 Å². The first-order valence-corrected chi connectivity index (χ1v) is 7.38. The first kappa shape index (κ1) is 15.3. The van der Waals surface area contributed by atoms with Gasteiger partial charge < -0.3 is 9.47 Å². The summed E-state index contributed by atoms with van der Waals surface area (Å²) in [6.07, 6.45) is 0.695. The van der Waals surface area contributed by atoms with Crippen molar-refractivity contribution < 1.29 is 24.0 Å². The lowest BCUT2D eigenvalue weighted by Crippen LogP contribution is -2.23. The van der Waals surface area contributed by atoms with E-state index in [2.05, 4.69) is 0 Å². The molecule has 0 amide bonds. The second kappa shape index (κ2) is 6.13. The molecule has 1 heterocycles. The van der Waals surface area contributed by atoms with Crippen LogP contribution < -0.4 is 0 Å². The van der Waals surface area contributed by atoms with Gasteiger partial charge in [0.1, 0.15) is 11.7 Å². The van der Waals surface area contributed by atoms with Gasteiger partial charge in [-0.3, -0.25) is 10.1 Å². The van der Waals surface area contributed by atoms with Gasteiger partial charge >= 0.3 is 11.9 Å². The van der Waals surface area contributed by atoms with Crippen molar-refractivity contribution in [2.75, 3.05) is 6.26 Å². The maximum Gasteiger partial charge on any atom is 0.347 e. The Labute approximate surface area is 124 Å². The molecule has 2 atom stereocenters. The largest absolute Gasteiger partial charge is 0.460 e. The van der Waals surface area contributed by atoms with Gasteiger partial charge in [-0.1, -0.05) is 0 Å². The van der Waals surface area contributed by atoms with E-state index in [9.17, 15) is 19.7 Å². The average Bonchev–Trinajstić information content (AvgIpc) is 2.75. The summed E-state index contributed by atoms with van der Waals surface area (Å²) in [7, 11) is 0. The third-order valence-corrected chi connectivity index (χ3v) is 3.72. The Kier molecular flexibility index (Phi) is 4.46. The second-order valence-corrected chi connectivity index (χ2v) is 5.40. The molecule has 21 heavy (non-hydrogen) atoms. The summed E-state index contributed by atoms with van der Waals surface area (Å²) >= 11 is 1.34. The van der Waals surface area contributed by atoms with Gasteiger partial charge in [-0.15, -0.1) is 11.8 Å². The lowest BCUT2D eigenvalue weighted by Gasteiger charge is -2.09. The number of nitrogens with zero attached hydrogens (tertiary/aromatic N) is 1. The van der Waals surface area contributed by atoms with Gasteiger partial charge in [0, 0.05) is 17.4 Å². The first-order chi connectivity index (χ1) is 9.92. The fraction of sp³-hybridized carbons (Fsp3) is 0.385. The molecule has 112 valence electrons. The van der Waals surface area contributed by atoms with Gasteiger partial charge in [0.05, 0.1) is 4.92 Å². The van der Waals surface area contributed by atoms with Crippen LogP contribution in [0.2, 0.25) is 0 Å². The number of benzene rings is 1. The van der Waals surface area contributed by atoms with Crippen LogP contribution in [0.1, 0.15) is 23.7 Å². The predicted molar refractivity (Wildman–Crippen MR) is 74.3 cm³/mol. The third-order valence-electron chi connectivity index (χ3n) is 3.00. The van der Waals surface area contributed by atoms with Crippen molar-refractivity contribution >= 4 is 29.4 Å². The van der Waals surface area contributed by atoms with E-state index in [1.807, 2.05) is 0 Å². The van der Waals surface area contributed by atoms with Crippen LogP contribution in [0.4, 0.5) is 5.69 Å². The molecule has 0 spiro atoms. The van der Waals surface area contributed by atoms with E-state index in [1.165, 1.54) is 23.9 Å². The lowest BCUT2D eigenvalue weighted by atomic mass is 10.1. The highest BCUT2D eigenvalue weighted by Crippen LogP contribution is 2.27. The zero-order valence-electron chi connectivity index (χ0n) is 11.4. The Morgan fingerprint density at radius 2 is 2.24 bits per heavy atom. The minimum absolute atomic E-state index is 0.167. The van der Waals surface area contributed by atoms with E-state index in [4.69, 9.17) is 9.47 Å². The van der Waals surface area contributed by atoms with Crippen molar-refractivity contribution in [3.05, 3.63) is 33.9 Å². The van der Waals surface area contributed by atoms with E-state index in [-0.39, 0.29) is 23.8 Å². The van der Waals surface area contributed by atoms with Crippen molar-refractivity contribution in [3.8, 4) is 0 Å². The third kappa shape index (κ3) is 3.33. The number of hydrogen-bond donors (Lipinski definition) is 0. The van der Waals surface area contributed by atoms with E-state index in [1.54, 1.807) is 19.2 Å². The van der Waals surface area contributed by atoms with Gasteiger partial charge in [-0.25, -0.2) is 9.59 Å². The SMILES string of the molecule is CSc1ccc([N+](=O)[O-])c(C(=O)O[C@H]2C[C@H](C)OC2=O)c1. The molecule has 0 N–H and O–H groups in total. The highest BCUT2D eigenvalue weighted by atomic mass is 32.2. The molecule has 1 aliphatic rings. The zero-order valence-corrected chi connectivity index (χ0v) is 12.2. The monoisotopic (exact) mass is 311 g/mol. The van der Waals surface area contributed by atoms with E-state index in [0.29, 0.717) is 4.90 Å². The molecule has 0 unspecified atom stereocenters. The van der Waals surface area contributed by atoms with Crippen molar-refractivity contribution in [2.45, 2.75) is 30.4 Å². The van der Waals surface area contributed by atoms with Crippen LogP contribution in [0.3, 0.4) is 0 Å². The Morgan fingerprint density at radius 1 is 1.52 bits per heavy atom. The standard InChI is InChI=1S/C13H13NO6S/c1-7-5-11(13(16)19-7)20-12(15)9-6-8(21-2)3-4-10(9)14(17)18/h3-4,6-7,11H,5H2,1-2H3/t7-,11-/m0/s1. The summed E-state index contributed by atoms with van der Waals surface area (Å²) in [5, 5.41) is 11.0. The van der Waals surface area contributed by atoms with Crippen LogP contribution in [0.25, 0.3) is 0 Å². The average molecular weight is 311 g/mol. The smallest absolute Gasteiger partial charge is 0.347 e. The fourth-order valence-electron chi connectivity index (χ4n) is 1.97. The molecule has 7 nitrogen and oxygen atoms in total. The van der Waals surface area contributed by atoms with E-state index >= 15 is 0 Å². The molecule has 1 aliphatic heterocycles. The summed E-state index contributed by atoms with van der Waals surface area (Å²) in [6.45, 7) is 1.68. The van der Waals surface area contributed by atoms with Crippen LogP contribution in [0.5, 0.6) is 0 Å². The number of carbonyl (C=O) groups is 2. The van der Waals surface area contributed by atoms with Gasteiger partial charge in [-0.05, 0) is 25.3 Å². The minimum atomic E-state index is -1.01. The molecule has 1 saturated heterocycles. The normalized spacial score (nSPS) is 21.0. The van der Waals surface area contributed by atoms with Crippen LogP contribution in [0, 0.1) is 10.1 Å². The summed E-state index contributed by atoms with van der Waals surface area (Å²) < 4.78 is 9.92. The molecule has 0 aliphatic carbocycles. The number of hydrogen-bond acceptors (Lipinski definition) is 7. The number of nitro benzene ring substituents is 1. The fourth-order valence-corrected chi connectivity index (χ4v) is 2.41. The molecule has 0 saturated carbocycles. The predicted octanol–water partition coefficient (Wildman–Crippen LogP) is 2.18. The molecule has 1 aromatic rings. The number of cyclic esters (lactones) is 1. The lowest BCUT2D eigenvalue weighted by molar-refractivity contribution is -0.385. The summed E-state index contributed by atoms with van der Waals surface area (Å²) in [4.78, 5) is 34.6. The Bertz CT molecular complexity index is 602. The highest BCUT2D eigenvalue weighted by molar-refractivity contribution is 7.98.